The molecule has 0 radical (unpaired) electrons. The normalized spacial score (nSPS) is 11.8. The van der Waals surface area contributed by atoms with Crippen LogP contribution >= 0.6 is 11.3 Å². The van der Waals surface area contributed by atoms with Crippen LogP contribution in [0.1, 0.15) is 5.56 Å². The van der Waals surface area contributed by atoms with Gasteiger partial charge in [0.2, 0.25) is 5.95 Å². The molecule has 1 aromatic carbocycles. The Balaban J connectivity index is 2.26. The zero-order chi connectivity index (χ0) is 15.0. The molecule has 0 fully saturated rings. The first-order valence-corrected chi connectivity index (χ1v) is 6.78. The Kier molecular flexibility index (Phi) is 3.17. The third-order valence-electron chi connectivity index (χ3n) is 2.88. The van der Waals surface area contributed by atoms with E-state index in [-0.39, 0.29) is 11.6 Å². The van der Waals surface area contributed by atoms with Crippen LogP contribution in [0.4, 0.5) is 19.1 Å². The van der Waals surface area contributed by atoms with Gasteiger partial charge in [-0.3, -0.25) is 4.57 Å². The number of nitrogen functional groups attached to an aromatic ring is 1. The van der Waals surface area contributed by atoms with Crippen LogP contribution < -0.4 is 5.73 Å². The average molecular weight is 310 g/mol. The number of thiophene rings is 1. The van der Waals surface area contributed by atoms with Crippen LogP contribution in [0.5, 0.6) is 0 Å². The zero-order valence-electron chi connectivity index (χ0n) is 10.5. The zero-order valence-corrected chi connectivity index (χ0v) is 11.3. The number of para-hydroxylation sites is 1. The van der Waals surface area contributed by atoms with Gasteiger partial charge < -0.3 is 5.73 Å². The molecule has 0 aliphatic carbocycles. The van der Waals surface area contributed by atoms with Crippen molar-refractivity contribution in [3.05, 3.63) is 47.3 Å². The van der Waals surface area contributed by atoms with Crippen LogP contribution in [-0.2, 0) is 6.18 Å². The number of benzene rings is 1. The van der Waals surface area contributed by atoms with Crippen LogP contribution in [0, 0.1) is 0 Å². The van der Waals surface area contributed by atoms with Gasteiger partial charge in [0.05, 0.1) is 16.1 Å². The number of nitrogens with zero attached hydrogens (tertiary/aromatic N) is 3. The van der Waals surface area contributed by atoms with E-state index in [9.17, 15) is 13.2 Å². The highest BCUT2D eigenvalue weighted by Crippen LogP contribution is 2.36. The first kappa shape index (κ1) is 13.6. The van der Waals surface area contributed by atoms with Crippen molar-refractivity contribution >= 4 is 17.3 Å². The molecule has 2 heterocycles. The fraction of sp³-hybridized carbons (Fsp3) is 0.0769. The third-order valence-corrected chi connectivity index (χ3v) is 3.75. The van der Waals surface area contributed by atoms with Gasteiger partial charge in [0, 0.05) is 0 Å². The van der Waals surface area contributed by atoms with Crippen molar-refractivity contribution in [2.75, 3.05) is 5.73 Å². The highest BCUT2D eigenvalue weighted by atomic mass is 32.1. The quantitative estimate of drug-likeness (QED) is 0.787. The van der Waals surface area contributed by atoms with E-state index < -0.39 is 11.7 Å². The van der Waals surface area contributed by atoms with E-state index in [0.717, 1.165) is 6.07 Å². The Morgan fingerprint density at radius 3 is 2.48 bits per heavy atom. The predicted octanol–water partition coefficient (Wildman–Crippen LogP) is 3.60. The van der Waals surface area contributed by atoms with E-state index in [1.54, 1.807) is 17.5 Å². The van der Waals surface area contributed by atoms with E-state index in [2.05, 4.69) is 10.2 Å². The SMILES string of the molecule is Nc1nnc(-c2cccs2)n1-c1ccccc1C(F)(F)F. The third kappa shape index (κ3) is 2.38. The van der Waals surface area contributed by atoms with Crippen molar-refractivity contribution in [1.82, 2.24) is 14.8 Å². The summed E-state index contributed by atoms with van der Waals surface area (Å²) in [6.07, 6.45) is -4.49. The maximum absolute atomic E-state index is 13.2. The number of hydrogen-bond donors (Lipinski definition) is 1. The van der Waals surface area contributed by atoms with Gasteiger partial charge in [0.25, 0.3) is 0 Å². The highest BCUT2D eigenvalue weighted by Gasteiger charge is 2.34. The van der Waals surface area contributed by atoms with E-state index in [4.69, 9.17) is 5.73 Å². The molecule has 0 unspecified atom stereocenters. The molecule has 2 aromatic heterocycles. The number of nitrogens with two attached hydrogens (primary N) is 1. The molecule has 0 aliphatic heterocycles. The Morgan fingerprint density at radius 2 is 1.81 bits per heavy atom. The summed E-state index contributed by atoms with van der Waals surface area (Å²) in [6.45, 7) is 0. The summed E-state index contributed by atoms with van der Waals surface area (Å²) >= 11 is 1.35. The van der Waals surface area contributed by atoms with Gasteiger partial charge in [-0.1, -0.05) is 18.2 Å². The summed E-state index contributed by atoms with van der Waals surface area (Å²) in [5.74, 6) is 0.203. The minimum Gasteiger partial charge on any atom is -0.368 e. The molecule has 0 amide bonds. The number of hydrogen-bond acceptors (Lipinski definition) is 4. The second kappa shape index (κ2) is 4.88. The van der Waals surface area contributed by atoms with Crippen molar-refractivity contribution in [1.29, 1.82) is 0 Å². The van der Waals surface area contributed by atoms with Crippen LogP contribution in [0.2, 0.25) is 0 Å². The lowest BCUT2D eigenvalue weighted by Crippen LogP contribution is -2.12. The van der Waals surface area contributed by atoms with Gasteiger partial charge in [0.1, 0.15) is 0 Å². The average Bonchev–Trinajstić information content (AvgIpc) is 3.06. The van der Waals surface area contributed by atoms with E-state index in [1.165, 1.54) is 34.1 Å². The van der Waals surface area contributed by atoms with Crippen molar-refractivity contribution in [3.8, 4) is 16.4 Å². The lowest BCUT2D eigenvalue weighted by Gasteiger charge is -2.15. The molecule has 0 saturated heterocycles. The summed E-state index contributed by atoms with van der Waals surface area (Å²) < 4.78 is 40.7. The largest absolute Gasteiger partial charge is 0.418 e. The van der Waals surface area contributed by atoms with E-state index in [1.807, 2.05) is 0 Å². The number of rotatable bonds is 2. The molecule has 21 heavy (non-hydrogen) atoms. The summed E-state index contributed by atoms with van der Waals surface area (Å²) in [7, 11) is 0. The molecule has 8 heteroatoms. The minimum atomic E-state index is -4.49. The molecular weight excluding hydrogens is 301 g/mol. The number of alkyl halides is 3. The topological polar surface area (TPSA) is 56.7 Å². The molecule has 3 aromatic rings. The number of aromatic nitrogens is 3. The number of halogens is 3. The van der Waals surface area contributed by atoms with Gasteiger partial charge >= 0.3 is 6.18 Å². The first-order valence-electron chi connectivity index (χ1n) is 5.90. The lowest BCUT2D eigenvalue weighted by molar-refractivity contribution is -0.137. The summed E-state index contributed by atoms with van der Waals surface area (Å²) in [5, 5.41) is 9.40. The van der Waals surface area contributed by atoms with E-state index >= 15 is 0 Å². The number of anilines is 1. The van der Waals surface area contributed by atoms with Crippen LogP contribution in [0.3, 0.4) is 0 Å². The second-order valence-electron chi connectivity index (χ2n) is 4.21. The predicted molar refractivity (Wildman–Crippen MR) is 74.1 cm³/mol. The van der Waals surface area contributed by atoms with Crippen LogP contribution in [0.15, 0.2) is 41.8 Å². The van der Waals surface area contributed by atoms with E-state index in [0.29, 0.717) is 10.7 Å². The van der Waals surface area contributed by atoms with Crippen molar-refractivity contribution in [2.45, 2.75) is 6.18 Å². The van der Waals surface area contributed by atoms with Gasteiger partial charge in [-0.2, -0.15) is 13.2 Å². The fourth-order valence-corrected chi connectivity index (χ4v) is 2.71. The molecule has 0 spiro atoms. The first-order chi connectivity index (χ1) is 9.98. The smallest absolute Gasteiger partial charge is 0.368 e. The maximum atomic E-state index is 13.2. The monoisotopic (exact) mass is 310 g/mol. The van der Waals surface area contributed by atoms with Gasteiger partial charge in [-0.25, -0.2) is 0 Å². The Hall–Kier alpha value is -2.35. The van der Waals surface area contributed by atoms with Crippen LogP contribution in [0.25, 0.3) is 16.4 Å². The molecule has 0 aliphatic rings. The van der Waals surface area contributed by atoms with Crippen molar-refractivity contribution < 1.29 is 13.2 Å². The van der Waals surface area contributed by atoms with Gasteiger partial charge in [-0.15, -0.1) is 21.5 Å². The molecule has 3 rings (SSSR count). The fourth-order valence-electron chi connectivity index (χ4n) is 2.01. The molecule has 0 saturated carbocycles. The van der Waals surface area contributed by atoms with Gasteiger partial charge in [-0.05, 0) is 23.6 Å². The minimum absolute atomic E-state index is 0.0871. The van der Waals surface area contributed by atoms with Crippen molar-refractivity contribution in [2.24, 2.45) is 0 Å². The Bertz CT molecular complexity index is 762. The lowest BCUT2D eigenvalue weighted by atomic mass is 10.1. The van der Waals surface area contributed by atoms with Gasteiger partial charge in [0.15, 0.2) is 5.82 Å². The standard InChI is InChI=1S/C13H9F3N4S/c14-13(15,16)8-4-1-2-5-9(8)20-11(18-19-12(20)17)10-6-3-7-21-10/h1-7H,(H2,17,19). The molecule has 4 nitrogen and oxygen atoms in total. The molecule has 0 atom stereocenters. The summed E-state index contributed by atoms with van der Waals surface area (Å²) in [4.78, 5) is 0.691. The van der Waals surface area contributed by atoms with Crippen LogP contribution in [-0.4, -0.2) is 14.8 Å². The molecular formula is C13H9F3N4S. The second-order valence-corrected chi connectivity index (χ2v) is 5.16. The maximum Gasteiger partial charge on any atom is 0.418 e. The Labute approximate surface area is 121 Å². The molecule has 108 valence electrons. The molecule has 2 N–H and O–H groups in total. The summed E-state index contributed by atoms with van der Waals surface area (Å²) in [5.41, 5.74) is 4.85. The highest BCUT2D eigenvalue weighted by molar-refractivity contribution is 7.13. The molecule has 0 bridgehead atoms. The van der Waals surface area contributed by atoms with Crippen molar-refractivity contribution in [3.63, 3.8) is 0 Å². The summed E-state index contributed by atoms with van der Waals surface area (Å²) in [6, 6.07) is 8.73. The Morgan fingerprint density at radius 1 is 1.05 bits per heavy atom.